The van der Waals surface area contributed by atoms with Gasteiger partial charge in [0.2, 0.25) is 11.8 Å². The van der Waals surface area contributed by atoms with Gasteiger partial charge in [-0.05, 0) is 54.1 Å². The van der Waals surface area contributed by atoms with E-state index in [2.05, 4.69) is 5.32 Å². The fourth-order valence-electron chi connectivity index (χ4n) is 4.37. The molecule has 2 amide bonds. The number of amides is 2. The van der Waals surface area contributed by atoms with Crippen LogP contribution in [0.25, 0.3) is 0 Å². The summed E-state index contributed by atoms with van der Waals surface area (Å²) in [5.41, 5.74) is 0.716. The third-order valence-electron chi connectivity index (χ3n) is 6.05. The summed E-state index contributed by atoms with van der Waals surface area (Å²) >= 11 is 1.54. The normalized spacial score (nSPS) is 15.1. The Kier molecular flexibility index (Phi) is 7.83. The number of hydrogen-bond acceptors (Lipinski definition) is 5. The molecule has 2 aromatic heterocycles. The maximum Gasteiger partial charge on any atom is 0.247 e. The number of benzene rings is 1. The van der Waals surface area contributed by atoms with Crippen LogP contribution < -0.4 is 10.1 Å². The lowest BCUT2D eigenvalue weighted by Gasteiger charge is -2.33. The molecule has 174 valence electrons. The van der Waals surface area contributed by atoms with Crippen LogP contribution in [0.2, 0.25) is 0 Å². The highest BCUT2D eigenvalue weighted by Crippen LogP contribution is 2.29. The summed E-state index contributed by atoms with van der Waals surface area (Å²) in [5.74, 6) is 0.987. The lowest BCUT2D eigenvalue weighted by molar-refractivity contribution is -0.141. The van der Waals surface area contributed by atoms with Crippen LogP contribution >= 0.6 is 11.3 Å². The standard InChI is InChI=1S/C26H30N2O4S/c1-31-21-11-5-8-19(16-21)25(26(30)27-20-9-3-2-4-10-20)28(18-22-12-6-14-32-22)24(29)17-23-13-7-15-33-23/h5-8,11-16,20,25H,2-4,9-10,17-18H2,1H3,(H,27,30)/t25-/m0/s1. The van der Waals surface area contributed by atoms with Gasteiger partial charge in [0.1, 0.15) is 17.6 Å². The Bertz CT molecular complexity index is 1030. The van der Waals surface area contributed by atoms with Crippen molar-refractivity contribution in [1.29, 1.82) is 0 Å². The number of carbonyl (C=O) groups excluding carboxylic acids is 2. The zero-order valence-corrected chi connectivity index (χ0v) is 19.7. The number of methoxy groups -OCH3 is 1. The second kappa shape index (κ2) is 11.2. The van der Waals surface area contributed by atoms with Crippen molar-refractivity contribution in [2.75, 3.05) is 7.11 Å². The monoisotopic (exact) mass is 466 g/mol. The van der Waals surface area contributed by atoms with Crippen molar-refractivity contribution >= 4 is 23.2 Å². The van der Waals surface area contributed by atoms with E-state index in [-0.39, 0.29) is 30.8 Å². The van der Waals surface area contributed by atoms with Gasteiger partial charge in [0.05, 0.1) is 26.3 Å². The highest BCUT2D eigenvalue weighted by Gasteiger charge is 2.34. The zero-order chi connectivity index (χ0) is 23.0. The first-order valence-electron chi connectivity index (χ1n) is 11.4. The number of hydrogen-bond donors (Lipinski definition) is 1. The van der Waals surface area contributed by atoms with E-state index < -0.39 is 6.04 Å². The van der Waals surface area contributed by atoms with Crippen LogP contribution in [0.1, 0.15) is 54.3 Å². The number of rotatable bonds is 9. The van der Waals surface area contributed by atoms with Gasteiger partial charge in [0.15, 0.2) is 0 Å². The molecule has 0 spiro atoms. The summed E-state index contributed by atoms with van der Waals surface area (Å²) in [6.07, 6.45) is 7.19. The van der Waals surface area contributed by atoms with Crippen molar-refractivity contribution in [3.05, 3.63) is 76.4 Å². The Balaban J connectivity index is 1.68. The Morgan fingerprint density at radius 1 is 1.15 bits per heavy atom. The van der Waals surface area contributed by atoms with Gasteiger partial charge in [-0.15, -0.1) is 11.3 Å². The van der Waals surface area contributed by atoms with Crippen molar-refractivity contribution in [2.45, 2.75) is 57.2 Å². The lowest BCUT2D eigenvalue weighted by Crippen LogP contribution is -2.47. The smallest absolute Gasteiger partial charge is 0.247 e. The van der Waals surface area contributed by atoms with E-state index in [0.717, 1.165) is 30.6 Å². The lowest BCUT2D eigenvalue weighted by atomic mass is 9.94. The molecule has 4 rings (SSSR count). The van der Waals surface area contributed by atoms with E-state index in [0.29, 0.717) is 17.1 Å². The molecule has 1 aromatic carbocycles. The molecule has 6 nitrogen and oxygen atoms in total. The molecule has 1 atom stereocenters. The highest BCUT2D eigenvalue weighted by molar-refractivity contribution is 7.10. The number of thiophene rings is 1. The van der Waals surface area contributed by atoms with Gasteiger partial charge in [-0.25, -0.2) is 0 Å². The summed E-state index contributed by atoms with van der Waals surface area (Å²) < 4.78 is 11.0. The molecule has 7 heteroatoms. The number of nitrogens with one attached hydrogen (secondary N) is 1. The van der Waals surface area contributed by atoms with Crippen LogP contribution in [0.4, 0.5) is 0 Å². The van der Waals surface area contributed by atoms with E-state index in [1.807, 2.05) is 47.8 Å². The third kappa shape index (κ3) is 6.05. The summed E-state index contributed by atoms with van der Waals surface area (Å²) in [5, 5.41) is 5.18. The third-order valence-corrected chi connectivity index (χ3v) is 6.93. The van der Waals surface area contributed by atoms with E-state index in [1.54, 1.807) is 24.3 Å². The average Bonchev–Trinajstić information content (AvgIpc) is 3.54. The molecule has 0 bridgehead atoms. The molecule has 1 fully saturated rings. The topological polar surface area (TPSA) is 71.8 Å². The average molecular weight is 467 g/mol. The van der Waals surface area contributed by atoms with Crippen LogP contribution in [-0.2, 0) is 22.6 Å². The summed E-state index contributed by atoms with van der Waals surface area (Å²) in [6, 6.07) is 14.2. The van der Waals surface area contributed by atoms with Crippen LogP contribution in [0, 0.1) is 0 Å². The molecule has 1 saturated carbocycles. The summed E-state index contributed by atoms with van der Waals surface area (Å²) in [6.45, 7) is 0.206. The van der Waals surface area contributed by atoms with E-state index in [9.17, 15) is 9.59 Å². The minimum atomic E-state index is -0.792. The van der Waals surface area contributed by atoms with Gasteiger partial charge < -0.3 is 19.4 Å². The Morgan fingerprint density at radius 3 is 2.70 bits per heavy atom. The minimum absolute atomic E-state index is 0.125. The van der Waals surface area contributed by atoms with Gasteiger partial charge in [-0.1, -0.05) is 37.5 Å². The minimum Gasteiger partial charge on any atom is -0.497 e. The Labute approximate surface area is 198 Å². The maximum absolute atomic E-state index is 13.7. The highest BCUT2D eigenvalue weighted by atomic mass is 32.1. The quantitative estimate of drug-likeness (QED) is 0.476. The first-order valence-corrected chi connectivity index (χ1v) is 12.3. The number of carbonyl (C=O) groups is 2. The van der Waals surface area contributed by atoms with Crippen molar-refractivity contribution in [2.24, 2.45) is 0 Å². The van der Waals surface area contributed by atoms with E-state index in [4.69, 9.17) is 9.15 Å². The first-order chi connectivity index (χ1) is 16.1. The van der Waals surface area contributed by atoms with Crippen molar-refractivity contribution in [1.82, 2.24) is 10.2 Å². The summed E-state index contributed by atoms with van der Waals surface area (Å²) in [7, 11) is 1.60. The van der Waals surface area contributed by atoms with Crippen molar-refractivity contribution < 1.29 is 18.7 Å². The van der Waals surface area contributed by atoms with Crippen LogP contribution in [-0.4, -0.2) is 29.9 Å². The van der Waals surface area contributed by atoms with Crippen LogP contribution in [0.3, 0.4) is 0 Å². The fraction of sp³-hybridized carbons (Fsp3) is 0.385. The van der Waals surface area contributed by atoms with Crippen LogP contribution in [0.15, 0.2) is 64.6 Å². The molecule has 3 aromatic rings. The van der Waals surface area contributed by atoms with Gasteiger partial charge >= 0.3 is 0 Å². The molecule has 1 N–H and O–H groups in total. The second-order valence-corrected chi connectivity index (χ2v) is 9.41. The largest absolute Gasteiger partial charge is 0.497 e. The molecule has 2 heterocycles. The molecule has 0 radical (unpaired) electrons. The first kappa shape index (κ1) is 23.1. The molecular weight excluding hydrogens is 436 g/mol. The fourth-order valence-corrected chi connectivity index (χ4v) is 5.07. The Hall–Kier alpha value is -3.06. The maximum atomic E-state index is 13.7. The SMILES string of the molecule is COc1cccc([C@@H](C(=O)NC2CCCCC2)N(Cc2ccco2)C(=O)Cc2cccs2)c1. The van der Waals surface area contributed by atoms with E-state index >= 15 is 0 Å². The predicted molar refractivity (Wildman–Crippen MR) is 128 cm³/mol. The van der Waals surface area contributed by atoms with Crippen molar-refractivity contribution in [3.63, 3.8) is 0 Å². The Morgan fingerprint density at radius 2 is 2.00 bits per heavy atom. The molecule has 0 unspecified atom stereocenters. The summed E-state index contributed by atoms with van der Waals surface area (Å²) in [4.78, 5) is 29.9. The van der Waals surface area contributed by atoms with Gasteiger partial charge in [0.25, 0.3) is 0 Å². The molecule has 1 aliphatic carbocycles. The molecule has 1 aliphatic rings. The second-order valence-electron chi connectivity index (χ2n) is 8.38. The van der Waals surface area contributed by atoms with Crippen molar-refractivity contribution in [3.8, 4) is 5.75 Å². The van der Waals surface area contributed by atoms with Gasteiger partial charge in [0, 0.05) is 10.9 Å². The number of ether oxygens (including phenoxy) is 1. The number of nitrogens with zero attached hydrogens (tertiary/aromatic N) is 1. The molecule has 33 heavy (non-hydrogen) atoms. The molecule has 0 aliphatic heterocycles. The zero-order valence-electron chi connectivity index (χ0n) is 18.9. The van der Waals surface area contributed by atoms with E-state index in [1.165, 1.54) is 17.8 Å². The number of furan rings is 1. The van der Waals surface area contributed by atoms with Crippen LogP contribution in [0.5, 0.6) is 5.75 Å². The van der Waals surface area contributed by atoms with Gasteiger partial charge in [-0.3, -0.25) is 9.59 Å². The molecule has 0 saturated heterocycles. The van der Waals surface area contributed by atoms with Gasteiger partial charge in [-0.2, -0.15) is 0 Å². The predicted octanol–water partition coefficient (Wildman–Crippen LogP) is 5.11. The molecular formula is C26H30N2O4S.